The van der Waals surface area contributed by atoms with Crippen molar-refractivity contribution in [3.8, 4) is 17.2 Å². The van der Waals surface area contributed by atoms with Crippen LogP contribution in [-0.4, -0.2) is 33.5 Å². The molecule has 0 atom stereocenters. The molecule has 0 fully saturated rings. The molecule has 4 rings (SSSR count). The van der Waals surface area contributed by atoms with E-state index in [-0.39, 0.29) is 18.3 Å². The molecule has 10 heteroatoms. The van der Waals surface area contributed by atoms with Gasteiger partial charge in [-0.25, -0.2) is 0 Å². The van der Waals surface area contributed by atoms with Gasteiger partial charge in [0.1, 0.15) is 18.1 Å². The molecule has 0 aliphatic carbocycles. The van der Waals surface area contributed by atoms with Crippen LogP contribution >= 0.6 is 35.0 Å². The van der Waals surface area contributed by atoms with Crippen LogP contribution in [0.15, 0.2) is 78.0 Å². The fraction of sp³-hybridized carbons (Fsp3) is 0.125. The van der Waals surface area contributed by atoms with E-state index in [2.05, 4.69) is 15.5 Å². The maximum Gasteiger partial charge on any atom is 0.234 e. The van der Waals surface area contributed by atoms with Crippen molar-refractivity contribution in [3.05, 3.63) is 88.7 Å². The number of halogens is 2. The first-order valence-electron chi connectivity index (χ1n) is 10.2. The van der Waals surface area contributed by atoms with Crippen LogP contribution in [0.3, 0.4) is 0 Å². The second-order valence-electron chi connectivity index (χ2n) is 7.00. The van der Waals surface area contributed by atoms with Crippen LogP contribution in [0.4, 0.5) is 5.69 Å². The Balaban J connectivity index is 1.51. The van der Waals surface area contributed by atoms with Gasteiger partial charge in [-0.2, -0.15) is 0 Å². The molecule has 1 aromatic heterocycles. The van der Waals surface area contributed by atoms with Gasteiger partial charge in [0.05, 0.1) is 22.9 Å². The van der Waals surface area contributed by atoms with Gasteiger partial charge in [0.2, 0.25) is 5.91 Å². The summed E-state index contributed by atoms with van der Waals surface area (Å²) in [7, 11) is 1.61. The van der Waals surface area contributed by atoms with Crippen molar-refractivity contribution in [1.29, 1.82) is 0 Å². The van der Waals surface area contributed by atoms with Crippen molar-refractivity contribution in [2.24, 2.45) is 0 Å². The summed E-state index contributed by atoms with van der Waals surface area (Å²) in [6.07, 6.45) is 0. The van der Waals surface area contributed by atoms with E-state index in [9.17, 15) is 4.79 Å². The van der Waals surface area contributed by atoms with Crippen LogP contribution in [0.2, 0.25) is 10.0 Å². The SMILES string of the molecule is COc1ccc(-n2c(COc3ccccc3)nnc2SCC(=O)Nc2ccc(Cl)c(Cl)c2)cc1. The lowest BCUT2D eigenvalue weighted by Crippen LogP contribution is -2.14. The summed E-state index contributed by atoms with van der Waals surface area (Å²) in [6, 6.07) is 21.9. The van der Waals surface area contributed by atoms with E-state index in [1.807, 2.05) is 59.2 Å². The molecule has 174 valence electrons. The lowest BCUT2D eigenvalue weighted by atomic mass is 10.3. The number of aromatic nitrogens is 3. The van der Waals surface area contributed by atoms with Crippen LogP contribution in [0.5, 0.6) is 11.5 Å². The highest BCUT2D eigenvalue weighted by Crippen LogP contribution is 2.27. The molecule has 34 heavy (non-hydrogen) atoms. The van der Waals surface area contributed by atoms with Crippen LogP contribution in [0, 0.1) is 0 Å². The second-order valence-corrected chi connectivity index (χ2v) is 8.76. The molecule has 0 aliphatic rings. The van der Waals surface area contributed by atoms with E-state index in [0.717, 1.165) is 17.2 Å². The number of rotatable bonds is 9. The van der Waals surface area contributed by atoms with E-state index < -0.39 is 0 Å². The molecular formula is C24H20Cl2N4O3S. The van der Waals surface area contributed by atoms with Gasteiger partial charge in [0.15, 0.2) is 11.0 Å². The Bertz CT molecular complexity index is 1270. The van der Waals surface area contributed by atoms with Crippen LogP contribution in [-0.2, 0) is 11.4 Å². The lowest BCUT2D eigenvalue weighted by Gasteiger charge is -2.12. The fourth-order valence-electron chi connectivity index (χ4n) is 3.04. The van der Waals surface area contributed by atoms with Crippen molar-refractivity contribution in [1.82, 2.24) is 14.8 Å². The van der Waals surface area contributed by atoms with E-state index in [1.54, 1.807) is 25.3 Å². The number of amides is 1. The predicted molar refractivity (Wildman–Crippen MR) is 135 cm³/mol. The number of carbonyl (C=O) groups excluding carboxylic acids is 1. The van der Waals surface area contributed by atoms with Gasteiger partial charge in [-0.3, -0.25) is 9.36 Å². The molecule has 1 amide bonds. The maximum absolute atomic E-state index is 12.5. The maximum atomic E-state index is 12.5. The number of nitrogens with one attached hydrogen (secondary N) is 1. The number of para-hydroxylation sites is 1. The van der Waals surface area contributed by atoms with Crippen LogP contribution < -0.4 is 14.8 Å². The van der Waals surface area contributed by atoms with E-state index in [1.165, 1.54) is 11.8 Å². The first-order chi connectivity index (χ1) is 16.5. The third-order valence-corrected chi connectivity index (χ3v) is 6.35. The van der Waals surface area contributed by atoms with Crippen molar-refractivity contribution in [3.63, 3.8) is 0 Å². The third kappa shape index (κ3) is 6.02. The molecule has 4 aromatic rings. The first kappa shape index (κ1) is 23.9. The molecule has 0 unspecified atom stereocenters. The summed E-state index contributed by atoms with van der Waals surface area (Å²) in [5.41, 5.74) is 1.39. The highest BCUT2D eigenvalue weighted by molar-refractivity contribution is 7.99. The Hall–Kier alpha value is -3.20. The van der Waals surface area contributed by atoms with Crippen molar-refractivity contribution >= 4 is 46.6 Å². The monoisotopic (exact) mass is 514 g/mol. The first-order valence-corrected chi connectivity index (χ1v) is 11.9. The smallest absolute Gasteiger partial charge is 0.234 e. The number of hydrogen-bond acceptors (Lipinski definition) is 6. The van der Waals surface area contributed by atoms with E-state index >= 15 is 0 Å². The van der Waals surface area contributed by atoms with E-state index in [4.69, 9.17) is 32.7 Å². The number of methoxy groups -OCH3 is 1. The highest BCUT2D eigenvalue weighted by atomic mass is 35.5. The molecule has 0 aliphatic heterocycles. The quantitative estimate of drug-likeness (QED) is 0.280. The summed E-state index contributed by atoms with van der Waals surface area (Å²) in [4.78, 5) is 12.5. The Labute approximate surface area is 211 Å². The Morgan fingerprint density at radius 2 is 1.74 bits per heavy atom. The topological polar surface area (TPSA) is 78.3 Å². The van der Waals surface area contributed by atoms with Gasteiger partial charge in [-0.1, -0.05) is 53.2 Å². The average molecular weight is 515 g/mol. The van der Waals surface area contributed by atoms with E-state index in [0.29, 0.717) is 26.7 Å². The normalized spacial score (nSPS) is 10.7. The van der Waals surface area contributed by atoms with Gasteiger partial charge in [0, 0.05) is 11.4 Å². The number of thioether (sulfide) groups is 1. The summed E-state index contributed by atoms with van der Waals surface area (Å²) in [5, 5.41) is 12.8. The molecule has 0 spiro atoms. The number of nitrogens with zero attached hydrogens (tertiary/aromatic N) is 3. The third-order valence-electron chi connectivity index (χ3n) is 4.68. The minimum absolute atomic E-state index is 0.119. The van der Waals surface area contributed by atoms with Crippen LogP contribution in [0.1, 0.15) is 5.82 Å². The molecule has 0 bridgehead atoms. The summed E-state index contributed by atoms with van der Waals surface area (Å²) in [5.74, 6) is 1.96. The number of carbonyl (C=O) groups is 1. The number of benzene rings is 3. The Morgan fingerprint density at radius 1 is 0.971 bits per heavy atom. The molecule has 0 radical (unpaired) electrons. The average Bonchev–Trinajstić information content (AvgIpc) is 3.27. The molecule has 0 saturated carbocycles. The molecule has 0 saturated heterocycles. The van der Waals surface area contributed by atoms with Gasteiger partial charge in [-0.05, 0) is 54.6 Å². The van der Waals surface area contributed by atoms with Crippen molar-refractivity contribution in [2.75, 3.05) is 18.2 Å². The Kier molecular flexibility index (Phi) is 7.95. The Morgan fingerprint density at radius 3 is 2.44 bits per heavy atom. The minimum Gasteiger partial charge on any atom is -0.497 e. The fourth-order valence-corrected chi connectivity index (χ4v) is 4.11. The zero-order valence-electron chi connectivity index (χ0n) is 18.1. The number of anilines is 1. The largest absolute Gasteiger partial charge is 0.497 e. The highest BCUT2D eigenvalue weighted by Gasteiger charge is 2.17. The molecular weight excluding hydrogens is 495 g/mol. The molecule has 7 nitrogen and oxygen atoms in total. The number of hydrogen-bond donors (Lipinski definition) is 1. The summed E-state index contributed by atoms with van der Waals surface area (Å²) < 4.78 is 13.0. The van der Waals surface area contributed by atoms with Crippen molar-refractivity contribution < 1.29 is 14.3 Å². The molecule has 1 N–H and O–H groups in total. The zero-order chi connectivity index (χ0) is 23.9. The lowest BCUT2D eigenvalue weighted by molar-refractivity contribution is -0.113. The second kappa shape index (κ2) is 11.3. The number of ether oxygens (including phenoxy) is 2. The predicted octanol–water partition coefficient (Wildman–Crippen LogP) is 5.89. The molecule has 3 aromatic carbocycles. The standard InChI is InChI=1S/C24H20Cl2N4O3S/c1-32-18-10-8-17(9-11-18)30-22(14-33-19-5-3-2-4-6-19)28-29-24(30)34-15-23(31)27-16-7-12-20(25)21(26)13-16/h2-13H,14-15H2,1H3,(H,27,31). The van der Waals surface area contributed by atoms with Crippen molar-refractivity contribution in [2.45, 2.75) is 11.8 Å². The minimum atomic E-state index is -0.213. The molecule has 1 heterocycles. The van der Waals surface area contributed by atoms with Gasteiger partial charge in [0.25, 0.3) is 0 Å². The van der Waals surface area contributed by atoms with Gasteiger partial charge >= 0.3 is 0 Å². The zero-order valence-corrected chi connectivity index (χ0v) is 20.4. The van der Waals surface area contributed by atoms with Crippen LogP contribution in [0.25, 0.3) is 5.69 Å². The summed E-state index contributed by atoms with van der Waals surface area (Å²) >= 11 is 13.2. The van der Waals surface area contributed by atoms with Gasteiger partial charge in [-0.15, -0.1) is 10.2 Å². The summed E-state index contributed by atoms with van der Waals surface area (Å²) in [6.45, 7) is 0.207. The van der Waals surface area contributed by atoms with Gasteiger partial charge < -0.3 is 14.8 Å².